The van der Waals surface area contributed by atoms with Crippen molar-refractivity contribution in [2.45, 2.75) is 136 Å². The molecule has 0 aliphatic heterocycles. The molecule has 0 aliphatic carbocycles. The van der Waals surface area contributed by atoms with E-state index in [2.05, 4.69) is 27.7 Å². The van der Waals surface area contributed by atoms with Crippen molar-refractivity contribution < 1.29 is 9.22 Å². The minimum Gasteiger partial charge on any atom is -0.519 e. The lowest BCUT2D eigenvalue weighted by molar-refractivity contribution is -0.131. The van der Waals surface area contributed by atoms with Crippen LogP contribution in [0.3, 0.4) is 0 Å². The third-order valence-electron chi connectivity index (χ3n) is 5.37. The quantitative estimate of drug-likeness (QED) is 0.166. The van der Waals surface area contributed by atoms with Crippen molar-refractivity contribution in [3.8, 4) is 0 Å². The summed E-state index contributed by atoms with van der Waals surface area (Å²) in [6.07, 6.45) is 19.1. The molecule has 3 heteroatoms. The highest BCUT2D eigenvalue weighted by Gasteiger charge is 2.36. The van der Waals surface area contributed by atoms with E-state index in [4.69, 9.17) is 4.43 Å². The maximum atomic E-state index is 12.4. The van der Waals surface area contributed by atoms with E-state index in [1.165, 1.54) is 95.2 Å². The Kier molecular flexibility index (Phi) is 17.9. The molecule has 0 rings (SSSR count). The number of carbonyl (C=O) groups is 1. The van der Waals surface area contributed by atoms with E-state index in [-0.39, 0.29) is 5.97 Å². The number of hydrogen-bond donors (Lipinski definition) is 0. The molecule has 0 amide bonds. The van der Waals surface area contributed by atoms with Crippen LogP contribution in [0, 0.1) is 6.42 Å². The van der Waals surface area contributed by atoms with Gasteiger partial charge in [0.25, 0.3) is 14.3 Å². The average Bonchev–Trinajstić information content (AvgIpc) is 2.64. The SMILES string of the molecule is CCC[CH]C(=O)O[Si](CCCCCC)(CCCCCC)CCCCCC. The fraction of sp³-hybridized carbons (Fsp3) is 0.913. The van der Waals surface area contributed by atoms with Crippen LogP contribution in [-0.4, -0.2) is 14.3 Å². The second-order valence-corrected chi connectivity index (χ2v) is 12.1. The van der Waals surface area contributed by atoms with E-state index in [0.717, 1.165) is 12.8 Å². The molecule has 0 aromatic rings. The smallest absolute Gasteiger partial charge is 0.296 e. The van der Waals surface area contributed by atoms with Crippen LogP contribution in [-0.2, 0) is 9.22 Å². The van der Waals surface area contributed by atoms with E-state index in [1.54, 1.807) is 6.42 Å². The van der Waals surface area contributed by atoms with Crippen LogP contribution >= 0.6 is 0 Å². The minimum absolute atomic E-state index is 0.0139. The van der Waals surface area contributed by atoms with Crippen molar-refractivity contribution in [2.24, 2.45) is 0 Å². The molecular weight excluding hydrogens is 336 g/mol. The van der Waals surface area contributed by atoms with Gasteiger partial charge in [0.15, 0.2) is 0 Å². The van der Waals surface area contributed by atoms with Gasteiger partial charge in [-0.3, -0.25) is 4.79 Å². The average molecular weight is 384 g/mol. The first kappa shape index (κ1) is 25.7. The lowest BCUT2D eigenvalue weighted by atomic mass is 10.2. The van der Waals surface area contributed by atoms with Crippen molar-refractivity contribution in [3.05, 3.63) is 6.42 Å². The van der Waals surface area contributed by atoms with Crippen molar-refractivity contribution in [1.82, 2.24) is 0 Å². The zero-order chi connectivity index (χ0) is 19.5. The van der Waals surface area contributed by atoms with Gasteiger partial charge in [0.05, 0.1) is 6.42 Å². The van der Waals surface area contributed by atoms with Gasteiger partial charge in [-0.15, -0.1) is 0 Å². The molecule has 0 heterocycles. The Bertz CT molecular complexity index is 286. The molecule has 0 spiro atoms. The molecule has 0 aromatic heterocycles. The summed E-state index contributed by atoms with van der Waals surface area (Å²) < 4.78 is 6.33. The molecule has 0 aromatic carbocycles. The number of unbranched alkanes of at least 4 members (excludes halogenated alkanes) is 10. The molecule has 0 fully saturated rings. The standard InChI is InChI=1S/C23H47O2Si/c1-5-9-13-16-20-26(21-17-14-10-6-2,22-18-15-11-7-3)25-23(24)19-12-8-4/h19H,5-18,20-22H2,1-4H3. The van der Waals surface area contributed by atoms with Crippen molar-refractivity contribution in [3.63, 3.8) is 0 Å². The highest BCUT2D eigenvalue weighted by atomic mass is 28.4. The first-order chi connectivity index (χ1) is 12.6. The topological polar surface area (TPSA) is 26.3 Å². The maximum absolute atomic E-state index is 12.4. The summed E-state index contributed by atoms with van der Waals surface area (Å²) in [4.78, 5) is 12.4. The predicted octanol–water partition coefficient (Wildman–Crippen LogP) is 8.22. The molecule has 0 saturated heterocycles. The third kappa shape index (κ3) is 13.8. The van der Waals surface area contributed by atoms with Gasteiger partial charge in [0, 0.05) is 0 Å². The van der Waals surface area contributed by atoms with Gasteiger partial charge >= 0.3 is 0 Å². The molecule has 0 atom stereocenters. The Morgan fingerprint density at radius 1 is 0.654 bits per heavy atom. The molecule has 0 aliphatic rings. The lowest BCUT2D eigenvalue weighted by Crippen LogP contribution is -2.40. The predicted molar refractivity (Wildman–Crippen MR) is 118 cm³/mol. The van der Waals surface area contributed by atoms with Gasteiger partial charge in [-0.1, -0.05) is 111 Å². The van der Waals surface area contributed by atoms with Crippen LogP contribution in [0.5, 0.6) is 0 Å². The summed E-state index contributed by atoms with van der Waals surface area (Å²) in [5, 5.41) is 0. The second-order valence-electron chi connectivity index (χ2n) is 8.03. The normalized spacial score (nSPS) is 11.7. The van der Waals surface area contributed by atoms with Gasteiger partial charge in [0.2, 0.25) is 0 Å². The van der Waals surface area contributed by atoms with Gasteiger partial charge < -0.3 is 4.43 Å². The summed E-state index contributed by atoms with van der Waals surface area (Å²) in [5.74, 6) is -0.0139. The third-order valence-corrected chi connectivity index (χ3v) is 9.80. The van der Waals surface area contributed by atoms with Crippen molar-refractivity contribution in [1.29, 1.82) is 0 Å². The van der Waals surface area contributed by atoms with Crippen LogP contribution in [0.1, 0.15) is 118 Å². The number of carbonyl (C=O) groups excluding carboxylic acids is 1. The molecule has 0 N–H and O–H groups in total. The zero-order valence-corrected chi connectivity index (χ0v) is 19.4. The van der Waals surface area contributed by atoms with Crippen LogP contribution < -0.4 is 0 Å². The number of rotatable bonds is 19. The molecule has 0 unspecified atom stereocenters. The van der Waals surface area contributed by atoms with Crippen LogP contribution in [0.4, 0.5) is 0 Å². The molecular formula is C23H47O2Si. The molecule has 155 valence electrons. The molecule has 1 radical (unpaired) electrons. The van der Waals surface area contributed by atoms with Crippen molar-refractivity contribution in [2.75, 3.05) is 0 Å². The fourth-order valence-electron chi connectivity index (χ4n) is 3.67. The Hall–Kier alpha value is -0.313. The van der Waals surface area contributed by atoms with E-state index >= 15 is 0 Å². The van der Waals surface area contributed by atoms with Crippen molar-refractivity contribution >= 4 is 14.3 Å². The summed E-state index contributed by atoms with van der Waals surface area (Å²) in [6.45, 7) is 8.91. The molecule has 0 saturated carbocycles. The first-order valence-electron chi connectivity index (χ1n) is 11.7. The molecule has 0 bridgehead atoms. The fourth-order valence-corrected chi connectivity index (χ4v) is 7.92. The van der Waals surface area contributed by atoms with Gasteiger partial charge in [0.1, 0.15) is 0 Å². The Balaban J connectivity index is 4.87. The highest BCUT2D eigenvalue weighted by Crippen LogP contribution is 2.31. The summed E-state index contributed by atoms with van der Waals surface area (Å²) in [7, 11) is -1.94. The second kappa shape index (κ2) is 18.1. The van der Waals surface area contributed by atoms with E-state index in [9.17, 15) is 4.79 Å². The largest absolute Gasteiger partial charge is 0.519 e. The van der Waals surface area contributed by atoms with Gasteiger partial charge in [-0.25, -0.2) is 0 Å². The van der Waals surface area contributed by atoms with E-state index in [0.29, 0.717) is 0 Å². The first-order valence-corrected chi connectivity index (χ1v) is 14.2. The number of hydrogen-bond acceptors (Lipinski definition) is 2. The molecule has 2 nitrogen and oxygen atoms in total. The lowest BCUT2D eigenvalue weighted by Gasteiger charge is -2.32. The zero-order valence-electron chi connectivity index (χ0n) is 18.4. The minimum atomic E-state index is -1.94. The van der Waals surface area contributed by atoms with E-state index < -0.39 is 8.32 Å². The van der Waals surface area contributed by atoms with E-state index in [1.807, 2.05) is 0 Å². The highest BCUT2D eigenvalue weighted by molar-refractivity contribution is 6.75. The van der Waals surface area contributed by atoms with Crippen LogP contribution in [0.25, 0.3) is 0 Å². The van der Waals surface area contributed by atoms with Gasteiger partial charge in [-0.05, 0) is 24.6 Å². The summed E-state index contributed by atoms with van der Waals surface area (Å²) in [6, 6.07) is 3.57. The maximum Gasteiger partial charge on any atom is 0.296 e. The summed E-state index contributed by atoms with van der Waals surface area (Å²) in [5.41, 5.74) is 0. The van der Waals surface area contributed by atoms with Gasteiger partial charge in [-0.2, -0.15) is 0 Å². The molecule has 26 heavy (non-hydrogen) atoms. The Morgan fingerprint density at radius 2 is 1.08 bits per heavy atom. The monoisotopic (exact) mass is 383 g/mol. The Morgan fingerprint density at radius 3 is 1.42 bits per heavy atom. The Labute approximate surface area is 166 Å². The summed E-state index contributed by atoms with van der Waals surface area (Å²) >= 11 is 0. The van der Waals surface area contributed by atoms with Crippen LogP contribution in [0.15, 0.2) is 0 Å². The van der Waals surface area contributed by atoms with Crippen LogP contribution in [0.2, 0.25) is 18.1 Å².